The molecule has 0 aromatic heterocycles. The van der Waals surface area contributed by atoms with Gasteiger partial charge >= 0.3 is 0 Å². The number of phosphoric ester groups is 1. The van der Waals surface area contributed by atoms with Crippen LogP contribution in [0, 0.1) is 0 Å². The second-order valence-electron chi connectivity index (χ2n) is 17.1. The lowest BCUT2D eigenvalue weighted by atomic mass is 10.0. The number of rotatable bonds is 42. The van der Waals surface area contributed by atoms with Crippen LogP contribution >= 0.6 is 7.82 Å². The van der Waals surface area contributed by atoms with E-state index in [0.717, 1.165) is 70.6 Å². The maximum absolute atomic E-state index is 12.9. The molecule has 0 spiro atoms. The summed E-state index contributed by atoms with van der Waals surface area (Å²) in [6.07, 6.45) is 55.2. The van der Waals surface area contributed by atoms with Crippen LogP contribution in [0.4, 0.5) is 0 Å². The van der Waals surface area contributed by atoms with Gasteiger partial charge in [-0.2, -0.15) is 0 Å². The van der Waals surface area contributed by atoms with Gasteiger partial charge in [0, 0.05) is 6.42 Å². The van der Waals surface area contributed by atoms with Gasteiger partial charge in [0.15, 0.2) is 0 Å². The van der Waals surface area contributed by atoms with Crippen LogP contribution in [0.25, 0.3) is 0 Å². The standard InChI is InChI=1S/C50H91N2O6P/c1-6-8-10-12-14-16-18-20-22-23-24-25-26-27-28-29-30-32-34-36-38-40-42-44-50(54)51-48(47-58-59(55,56)57-46-45-52(3,4)5)49(53)43-41-39-37-35-33-31-21-19-17-15-13-11-9-7-2/h8,10,14,16,20,22,24-25,33,35,41,43,48-49,53H,6-7,9,11-13,15,17-19,21,23,26-32,34,36-40,42,44-47H2,1-5H3,(H-,51,54,55,56)/b10-8-,16-14-,22-20-,25-24-,35-33+,43-41+. The largest absolute Gasteiger partial charge is 0.756 e. The summed E-state index contributed by atoms with van der Waals surface area (Å²) in [5.74, 6) is -0.216. The fourth-order valence-corrected chi connectivity index (χ4v) is 7.12. The highest BCUT2D eigenvalue weighted by Gasteiger charge is 2.23. The number of hydrogen-bond donors (Lipinski definition) is 2. The number of nitrogens with one attached hydrogen (secondary N) is 1. The van der Waals surface area contributed by atoms with Gasteiger partial charge in [0.1, 0.15) is 13.2 Å². The fourth-order valence-electron chi connectivity index (χ4n) is 6.39. The van der Waals surface area contributed by atoms with Gasteiger partial charge in [0.2, 0.25) is 5.91 Å². The van der Waals surface area contributed by atoms with Crippen molar-refractivity contribution in [2.24, 2.45) is 0 Å². The van der Waals surface area contributed by atoms with Crippen LogP contribution < -0.4 is 10.2 Å². The van der Waals surface area contributed by atoms with E-state index in [9.17, 15) is 19.4 Å². The monoisotopic (exact) mass is 847 g/mol. The molecule has 0 rings (SSSR count). The number of phosphoric acid groups is 1. The highest BCUT2D eigenvalue weighted by molar-refractivity contribution is 7.45. The van der Waals surface area contributed by atoms with Crippen LogP contribution in [0.5, 0.6) is 0 Å². The van der Waals surface area contributed by atoms with Crippen molar-refractivity contribution in [1.82, 2.24) is 5.32 Å². The Labute approximate surface area is 364 Å². The van der Waals surface area contributed by atoms with Crippen LogP contribution in [-0.2, 0) is 18.4 Å². The zero-order valence-corrected chi connectivity index (χ0v) is 39.6. The summed E-state index contributed by atoms with van der Waals surface area (Å²) in [5, 5.41) is 13.8. The van der Waals surface area contributed by atoms with E-state index in [1.807, 2.05) is 27.2 Å². The number of likely N-dealkylation sites (N-methyl/N-ethyl adjacent to an activating group) is 1. The molecule has 59 heavy (non-hydrogen) atoms. The molecule has 3 unspecified atom stereocenters. The van der Waals surface area contributed by atoms with Gasteiger partial charge in [-0.05, 0) is 70.6 Å². The predicted octanol–water partition coefficient (Wildman–Crippen LogP) is 12.9. The molecule has 0 saturated heterocycles. The van der Waals surface area contributed by atoms with Gasteiger partial charge in [0.05, 0.1) is 39.9 Å². The van der Waals surface area contributed by atoms with Crippen LogP contribution in [0.15, 0.2) is 72.9 Å². The van der Waals surface area contributed by atoms with E-state index in [-0.39, 0.29) is 12.5 Å². The van der Waals surface area contributed by atoms with Crippen molar-refractivity contribution in [3.8, 4) is 0 Å². The molecule has 2 N–H and O–H groups in total. The van der Waals surface area contributed by atoms with Gasteiger partial charge in [-0.15, -0.1) is 0 Å². The number of aliphatic hydroxyl groups excluding tert-OH is 1. The van der Waals surface area contributed by atoms with Crippen LogP contribution in [0.3, 0.4) is 0 Å². The zero-order chi connectivity index (χ0) is 43.6. The van der Waals surface area contributed by atoms with Crippen molar-refractivity contribution in [3.63, 3.8) is 0 Å². The number of carbonyl (C=O) groups excluding carboxylic acids is 1. The molecule has 0 heterocycles. The van der Waals surface area contributed by atoms with E-state index < -0.39 is 26.6 Å². The van der Waals surface area contributed by atoms with Gasteiger partial charge in [0.25, 0.3) is 7.82 Å². The molecule has 0 bridgehead atoms. The molecule has 0 aliphatic heterocycles. The van der Waals surface area contributed by atoms with Crippen molar-refractivity contribution in [3.05, 3.63) is 72.9 Å². The van der Waals surface area contributed by atoms with Crippen LogP contribution in [0.2, 0.25) is 0 Å². The van der Waals surface area contributed by atoms with Crippen molar-refractivity contribution in [2.45, 2.75) is 199 Å². The minimum absolute atomic E-state index is 0.0103. The zero-order valence-electron chi connectivity index (χ0n) is 38.7. The van der Waals surface area contributed by atoms with E-state index >= 15 is 0 Å². The Morgan fingerprint density at radius 3 is 1.58 bits per heavy atom. The van der Waals surface area contributed by atoms with E-state index in [0.29, 0.717) is 17.4 Å². The van der Waals surface area contributed by atoms with Gasteiger partial charge in [-0.3, -0.25) is 9.36 Å². The smallest absolute Gasteiger partial charge is 0.268 e. The lowest BCUT2D eigenvalue weighted by Crippen LogP contribution is -2.45. The summed E-state index contributed by atoms with van der Waals surface area (Å²) in [6.45, 7) is 4.49. The minimum Gasteiger partial charge on any atom is -0.756 e. The number of amides is 1. The normalized spacial score (nSPS) is 14.9. The van der Waals surface area contributed by atoms with Crippen LogP contribution in [-0.4, -0.2) is 68.5 Å². The number of allylic oxidation sites excluding steroid dienone is 11. The number of quaternary nitrogens is 1. The average molecular weight is 847 g/mol. The third kappa shape index (κ3) is 43.8. The molecule has 0 aliphatic rings. The van der Waals surface area contributed by atoms with E-state index in [4.69, 9.17) is 9.05 Å². The first kappa shape index (κ1) is 56.9. The molecule has 8 nitrogen and oxygen atoms in total. The Balaban J connectivity index is 4.36. The number of aliphatic hydroxyl groups is 1. The Morgan fingerprint density at radius 1 is 0.610 bits per heavy atom. The molecule has 0 fully saturated rings. The number of unbranched alkanes of at least 4 members (excludes halogenated alkanes) is 19. The quantitative estimate of drug-likeness (QED) is 0.0274. The maximum atomic E-state index is 12.9. The van der Waals surface area contributed by atoms with Crippen molar-refractivity contribution in [1.29, 1.82) is 0 Å². The summed E-state index contributed by atoms with van der Waals surface area (Å²) < 4.78 is 23.2. The third-order valence-electron chi connectivity index (χ3n) is 10.2. The second-order valence-corrected chi connectivity index (χ2v) is 18.5. The lowest BCUT2D eigenvalue weighted by Gasteiger charge is -2.29. The van der Waals surface area contributed by atoms with E-state index in [1.54, 1.807) is 6.08 Å². The molecule has 9 heteroatoms. The third-order valence-corrected chi connectivity index (χ3v) is 11.1. The molecule has 1 amide bonds. The summed E-state index contributed by atoms with van der Waals surface area (Å²) in [6, 6.07) is -0.908. The first-order valence-electron chi connectivity index (χ1n) is 23.8. The first-order chi connectivity index (χ1) is 28.5. The van der Waals surface area contributed by atoms with Gasteiger partial charge in [-0.1, -0.05) is 183 Å². The topological polar surface area (TPSA) is 108 Å². The molecule has 0 saturated carbocycles. The maximum Gasteiger partial charge on any atom is 0.268 e. The summed E-state index contributed by atoms with van der Waals surface area (Å²) >= 11 is 0. The molecular weight excluding hydrogens is 756 g/mol. The molecule has 342 valence electrons. The molecule has 3 atom stereocenters. The van der Waals surface area contributed by atoms with E-state index in [2.05, 4.69) is 79.9 Å². The summed E-state index contributed by atoms with van der Waals surface area (Å²) in [5.41, 5.74) is 0. The molecule has 0 aliphatic carbocycles. The summed E-state index contributed by atoms with van der Waals surface area (Å²) in [7, 11) is 1.23. The second kappa shape index (κ2) is 41.3. The Morgan fingerprint density at radius 2 is 1.05 bits per heavy atom. The number of carbonyl (C=O) groups is 1. The van der Waals surface area contributed by atoms with Crippen molar-refractivity contribution < 1.29 is 32.9 Å². The number of hydrogen-bond acceptors (Lipinski definition) is 6. The fraction of sp³-hybridized carbons (Fsp3) is 0.740. The molecule has 0 aromatic carbocycles. The summed E-state index contributed by atoms with van der Waals surface area (Å²) in [4.78, 5) is 25.3. The van der Waals surface area contributed by atoms with E-state index in [1.165, 1.54) is 96.3 Å². The van der Waals surface area contributed by atoms with Gasteiger partial charge < -0.3 is 28.8 Å². The lowest BCUT2D eigenvalue weighted by molar-refractivity contribution is -0.870. The SMILES string of the molecule is CC/C=C\C/C=C\C/C=C\C/C=C\CCCCCCCCCCCCC(=O)NC(COP(=O)([O-])OCC[N+](C)(C)C)C(O)/C=C/CC/C=C/CCCCCCCCCC. The Bertz CT molecular complexity index is 1190. The first-order valence-corrected chi connectivity index (χ1v) is 25.3. The Kier molecular flexibility index (Phi) is 39.9. The number of nitrogens with zero attached hydrogens (tertiary/aromatic N) is 1. The highest BCUT2D eigenvalue weighted by atomic mass is 31.2. The van der Waals surface area contributed by atoms with Crippen LogP contribution in [0.1, 0.15) is 187 Å². The molecular formula is C50H91N2O6P. The predicted molar refractivity (Wildman–Crippen MR) is 251 cm³/mol. The average Bonchev–Trinajstić information content (AvgIpc) is 3.19. The highest BCUT2D eigenvalue weighted by Crippen LogP contribution is 2.38. The van der Waals surface area contributed by atoms with Crippen molar-refractivity contribution >= 4 is 13.7 Å². The minimum atomic E-state index is -4.60. The Hall–Kier alpha value is -2.06. The molecule has 0 aromatic rings. The van der Waals surface area contributed by atoms with Crippen molar-refractivity contribution in [2.75, 3.05) is 40.9 Å². The molecule has 0 radical (unpaired) electrons. The van der Waals surface area contributed by atoms with Gasteiger partial charge in [-0.25, -0.2) is 0 Å².